The van der Waals surface area contributed by atoms with Gasteiger partial charge in [0, 0.05) is 11.9 Å². The van der Waals surface area contributed by atoms with Gasteiger partial charge >= 0.3 is 5.97 Å². The number of hydrogen-bond donors (Lipinski definition) is 1. The van der Waals surface area contributed by atoms with Crippen LogP contribution in [0.2, 0.25) is 0 Å². The van der Waals surface area contributed by atoms with Crippen LogP contribution >= 0.6 is 23.1 Å². The first kappa shape index (κ1) is 15.6. The first-order chi connectivity index (χ1) is 10.7. The molecule has 0 saturated carbocycles. The second-order valence-electron chi connectivity index (χ2n) is 5.09. The van der Waals surface area contributed by atoms with Crippen molar-refractivity contribution in [3.8, 4) is 0 Å². The van der Waals surface area contributed by atoms with E-state index < -0.39 is 0 Å². The number of anilines is 1. The van der Waals surface area contributed by atoms with Crippen molar-refractivity contribution in [2.24, 2.45) is 0 Å². The Labute approximate surface area is 137 Å². The van der Waals surface area contributed by atoms with Gasteiger partial charge in [-0.2, -0.15) is 0 Å². The van der Waals surface area contributed by atoms with Gasteiger partial charge in [0.2, 0.25) is 0 Å². The van der Waals surface area contributed by atoms with Gasteiger partial charge in [-0.3, -0.25) is 4.79 Å². The third-order valence-corrected chi connectivity index (χ3v) is 5.66. The molecular weight excluding hydrogens is 318 g/mol. The quantitative estimate of drug-likeness (QED) is 0.513. The predicted molar refractivity (Wildman–Crippen MR) is 91.0 cm³/mol. The molecule has 0 atom stereocenters. The third-order valence-electron chi connectivity index (χ3n) is 3.66. The lowest BCUT2D eigenvalue weighted by Gasteiger charge is -2.11. The SMILES string of the molecule is CCOC(=O)CSc1nc(NC)c2c3c(sc2n1)CCCC3. The number of nitrogens with zero attached hydrogens (tertiary/aromatic N) is 2. The standard InChI is InChI=1S/C15H19N3O2S2/c1-3-20-11(19)8-21-15-17-13(16-2)12-9-6-4-5-7-10(9)22-14(12)18-15/h3-8H2,1-2H3,(H,16,17,18). The number of thiophene rings is 1. The van der Waals surface area contributed by atoms with E-state index in [4.69, 9.17) is 4.74 Å². The molecule has 2 aromatic rings. The zero-order valence-corrected chi connectivity index (χ0v) is 14.4. The Balaban J connectivity index is 1.91. The van der Waals surface area contributed by atoms with Crippen molar-refractivity contribution in [2.75, 3.05) is 24.7 Å². The van der Waals surface area contributed by atoms with Crippen LogP contribution in [-0.4, -0.2) is 35.3 Å². The Bertz CT molecular complexity index is 700. The Kier molecular flexibility index (Phi) is 4.83. The second kappa shape index (κ2) is 6.83. The molecule has 1 aliphatic rings. The average molecular weight is 337 g/mol. The van der Waals surface area contributed by atoms with Gasteiger partial charge in [0.1, 0.15) is 10.6 Å². The summed E-state index contributed by atoms with van der Waals surface area (Å²) in [6, 6.07) is 0. The summed E-state index contributed by atoms with van der Waals surface area (Å²) in [5, 5.41) is 4.98. The number of aryl methyl sites for hydroxylation is 2. The zero-order valence-electron chi connectivity index (χ0n) is 12.8. The topological polar surface area (TPSA) is 64.1 Å². The molecule has 0 bridgehead atoms. The maximum absolute atomic E-state index is 11.5. The van der Waals surface area contributed by atoms with Gasteiger partial charge in [-0.1, -0.05) is 11.8 Å². The summed E-state index contributed by atoms with van der Waals surface area (Å²) >= 11 is 3.10. The molecule has 0 amide bonds. The molecule has 22 heavy (non-hydrogen) atoms. The number of nitrogens with one attached hydrogen (secondary N) is 1. The van der Waals surface area contributed by atoms with Gasteiger partial charge < -0.3 is 10.1 Å². The van der Waals surface area contributed by atoms with Crippen molar-refractivity contribution in [3.63, 3.8) is 0 Å². The van der Waals surface area contributed by atoms with Gasteiger partial charge in [-0.25, -0.2) is 9.97 Å². The number of esters is 1. The average Bonchev–Trinajstić information content (AvgIpc) is 2.90. The molecule has 2 aromatic heterocycles. The number of ether oxygens (including phenoxy) is 1. The number of aromatic nitrogens is 2. The van der Waals surface area contributed by atoms with Crippen LogP contribution in [0.1, 0.15) is 30.2 Å². The highest BCUT2D eigenvalue weighted by Gasteiger charge is 2.21. The monoisotopic (exact) mass is 337 g/mol. The highest BCUT2D eigenvalue weighted by molar-refractivity contribution is 7.99. The van der Waals surface area contributed by atoms with E-state index in [9.17, 15) is 4.79 Å². The Morgan fingerprint density at radius 2 is 2.18 bits per heavy atom. The summed E-state index contributed by atoms with van der Waals surface area (Å²) in [6.45, 7) is 2.21. The smallest absolute Gasteiger partial charge is 0.316 e. The van der Waals surface area contributed by atoms with Gasteiger partial charge in [-0.05, 0) is 38.2 Å². The summed E-state index contributed by atoms with van der Waals surface area (Å²) in [7, 11) is 1.88. The fourth-order valence-electron chi connectivity index (χ4n) is 2.71. The minimum absolute atomic E-state index is 0.229. The van der Waals surface area contributed by atoms with Crippen LogP contribution in [0.4, 0.5) is 5.82 Å². The minimum atomic E-state index is -0.229. The molecule has 0 radical (unpaired) electrons. The maximum atomic E-state index is 11.5. The third kappa shape index (κ3) is 3.05. The first-order valence-electron chi connectivity index (χ1n) is 7.51. The summed E-state index contributed by atoms with van der Waals surface area (Å²) in [5.41, 5.74) is 1.41. The largest absolute Gasteiger partial charge is 0.465 e. The van der Waals surface area contributed by atoms with Crippen molar-refractivity contribution < 1.29 is 9.53 Å². The second-order valence-corrected chi connectivity index (χ2v) is 7.12. The fraction of sp³-hybridized carbons (Fsp3) is 0.533. The summed E-state index contributed by atoms with van der Waals surface area (Å²) < 4.78 is 4.95. The molecule has 0 fully saturated rings. The number of fused-ring (bicyclic) bond motifs is 3. The number of rotatable bonds is 5. The lowest BCUT2D eigenvalue weighted by atomic mass is 9.97. The zero-order chi connectivity index (χ0) is 15.5. The van der Waals surface area contributed by atoms with E-state index in [-0.39, 0.29) is 11.7 Å². The highest BCUT2D eigenvalue weighted by Crippen LogP contribution is 2.39. The van der Waals surface area contributed by atoms with Crippen LogP contribution in [0, 0.1) is 0 Å². The van der Waals surface area contributed by atoms with Crippen molar-refractivity contribution in [1.29, 1.82) is 0 Å². The first-order valence-corrected chi connectivity index (χ1v) is 9.31. The van der Waals surface area contributed by atoms with Gasteiger partial charge in [-0.15, -0.1) is 11.3 Å². The van der Waals surface area contributed by atoms with Crippen LogP contribution in [0.5, 0.6) is 0 Å². The molecule has 0 aromatic carbocycles. The van der Waals surface area contributed by atoms with E-state index in [0.29, 0.717) is 11.8 Å². The molecule has 1 aliphatic carbocycles. The van der Waals surface area contributed by atoms with Gasteiger partial charge in [0.15, 0.2) is 5.16 Å². The van der Waals surface area contributed by atoms with Crippen LogP contribution in [0.15, 0.2) is 5.16 Å². The van der Waals surface area contributed by atoms with Gasteiger partial charge in [0.25, 0.3) is 0 Å². The Hall–Kier alpha value is -1.34. The van der Waals surface area contributed by atoms with E-state index in [1.807, 2.05) is 7.05 Å². The van der Waals surface area contributed by atoms with E-state index >= 15 is 0 Å². The summed E-state index contributed by atoms with van der Waals surface area (Å²) in [6.07, 6.45) is 4.75. The molecule has 2 heterocycles. The molecule has 118 valence electrons. The van der Waals surface area contributed by atoms with E-state index in [2.05, 4.69) is 15.3 Å². The lowest BCUT2D eigenvalue weighted by molar-refractivity contribution is -0.139. The molecule has 0 spiro atoms. The molecule has 0 saturated heterocycles. The van der Waals surface area contributed by atoms with Crippen LogP contribution < -0.4 is 5.32 Å². The lowest BCUT2D eigenvalue weighted by Crippen LogP contribution is -2.07. The number of carbonyl (C=O) groups excluding carboxylic acids is 1. The Morgan fingerprint density at radius 3 is 2.95 bits per heavy atom. The minimum Gasteiger partial charge on any atom is -0.465 e. The van der Waals surface area contributed by atoms with Crippen LogP contribution in [0.3, 0.4) is 0 Å². The van der Waals surface area contributed by atoms with Crippen molar-refractivity contribution in [3.05, 3.63) is 10.4 Å². The molecule has 0 aliphatic heterocycles. The van der Waals surface area contributed by atoms with Crippen molar-refractivity contribution >= 4 is 45.1 Å². The van der Waals surface area contributed by atoms with Crippen LogP contribution in [0.25, 0.3) is 10.2 Å². The molecule has 0 unspecified atom stereocenters. The molecule has 5 nitrogen and oxygen atoms in total. The normalized spacial score (nSPS) is 13.9. The predicted octanol–water partition coefficient (Wildman–Crippen LogP) is 3.27. The highest BCUT2D eigenvalue weighted by atomic mass is 32.2. The number of carbonyl (C=O) groups is 1. The number of thioether (sulfide) groups is 1. The Morgan fingerprint density at radius 1 is 1.36 bits per heavy atom. The van der Waals surface area contributed by atoms with Crippen LogP contribution in [-0.2, 0) is 22.4 Å². The van der Waals surface area contributed by atoms with Gasteiger partial charge in [0.05, 0.1) is 17.7 Å². The summed E-state index contributed by atoms with van der Waals surface area (Å²) in [4.78, 5) is 23.2. The van der Waals surface area contributed by atoms with E-state index in [1.54, 1.807) is 18.3 Å². The molecule has 3 rings (SSSR count). The molecule has 1 N–H and O–H groups in total. The van der Waals surface area contributed by atoms with Crippen molar-refractivity contribution in [2.45, 2.75) is 37.8 Å². The van der Waals surface area contributed by atoms with Crippen molar-refractivity contribution in [1.82, 2.24) is 9.97 Å². The molecule has 7 heteroatoms. The molecular formula is C15H19N3O2S2. The fourth-order valence-corrected chi connectivity index (χ4v) is 4.67. The van der Waals surface area contributed by atoms with E-state index in [0.717, 1.165) is 23.5 Å². The maximum Gasteiger partial charge on any atom is 0.316 e. The number of hydrogen-bond acceptors (Lipinski definition) is 7. The van der Waals surface area contributed by atoms with E-state index in [1.165, 1.54) is 40.4 Å². The summed E-state index contributed by atoms with van der Waals surface area (Å²) in [5.74, 6) is 0.886.